The second kappa shape index (κ2) is 8.66. The Morgan fingerprint density at radius 3 is 2.04 bits per heavy atom. The number of ether oxygens (including phenoxy) is 2. The molecule has 0 aliphatic rings. The Labute approximate surface area is 151 Å². The van der Waals surface area contributed by atoms with Crippen molar-refractivity contribution in [3.05, 3.63) is 59.7 Å². The molecule has 0 saturated heterocycles. The standard InChI is InChI=1S/C19H20N2O5/c1-12(2)26-19(24)14-5-9-16(10-6-14)21-17(22)11-25-18(23)13-3-7-15(20)8-4-13/h3-10,12H,11,20H2,1-2H3,(H,21,22). The van der Waals surface area contributed by atoms with E-state index in [1.807, 2.05) is 0 Å². The van der Waals surface area contributed by atoms with Gasteiger partial charge in [0.15, 0.2) is 6.61 Å². The Hall–Kier alpha value is -3.35. The maximum Gasteiger partial charge on any atom is 0.338 e. The summed E-state index contributed by atoms with van der Waals surface area (Å²) in [5.41, 5.74) is 7.23. The quantitative estimate of drug-likeness (QED) is 0.608. The van der Waals surface area contributed by atoms with E-state index < -0.39 is 24.5 Å². The van der Waals surface area contributed by atoms with Crippen LogP contribution < -0.4 is 11.1 Å². The zero-order chi connectivity index (χ0) is 19.1. The van der Waals surface area contributed by atoms with E-state index in [0.29, 0.717) is 22.5 Å². The van der Waals surface area contributed by atoms with Gasteiger partial charge in [0.1, 0.15) is 0 Å². The first-order valence-electron chi connectivity index (χ1n) is 7.98. The molecule has 0 saturated carbocycles. The topological polar surface area (TPSA) is 108 Å². The molecule has 136 valence electrons. The Morgan fingerprint density at radius 1 is 0.923 bits per heavy atom. The van der Waals surface area contributed by atoms with Gasteiger partial charge < -0.3 is 20.5 Å². The van der Waals surface area contributed by atoms with E-state index in [2.05, 4.69) is 5.32 Å². The first-order chi connectivity index (χ1) is 12.3. The Kier molecular flexibility index (Phi) is 6.32. The Bertz CT molecular complexity index is 783. The lowest BCUT2D eigenvalue weighted by Crippen LogP contribution is -2.21. The molecule has 2 rings (SSSR count). The van der Waals surface area contributed by atoms with Crippen molar-refractivity contribution in [1.82, 2.24) is 0 Å². The van der Waals surface area contributed by atoms with E-state index in [1.54, 1.807) is 50.2 Å². The average molecular weight is 356 g/mol. The molecular weight excluding hydrogens is 336 g/mol. The highest BCUT2D eigenvalue weighted by molar-refractivity contribution is 5.96. The number of carbonyl (C=O) groups excluding carboxylic acids is 3. The molecule has 0 aliphatic heterocycles. The first kappa shape index (κ1) is 19.0. The summed E-state index contributed by atoms with van der Waals surface area (Å²) in [6, 6.07) is 12.4. The largest absolute Gasteiger partial charge is 0.459 e. The molecule has 7 heteroatoms. The van der Waals surface area contributed by atoms with Gasteiger partial charge in [-0.05, 0) is 62.4 Å². The summed E-state index contributed by atoms with van der Waals surface area (Å²) >= 11 is 0. The van der Waals surface area contributed by atoms with E-state index in [1.165, 1.54) is 12.1 Å². The minimum atomic E-state index is -0.619. The number of carbonyl (C=O) groups is 3. The van der Waals surface area contributed by atoms with E-state index in [0.717, 1.165) is 0 Å². The molecule has 1 amide bonds. The molecule has 0 heterocycles. The molecule has 0 bridgehead atoms. The zero-order valence-electron chi connectivity index (χ0n) is 14.5. The highest BCUT2D eigenvalue weighted by atomic mass is 16.5. The fourth-order valence-electron chi connectivity index (χ4n) is 2.00. The number of amides is 1. The molecule has 0 radical (unpaired) electrons. The van der Waals surface area contributed by atoms with Crippen LogP contribution in [0.2, 0.25) is 0 Å². The predicted octanol–water partition coefficient (Wildman–Crippen LogP) is 2.63. The fraction of sp³-hybridized carbons (Fsp3) is 0.211. The second-order valence-electron chi connectivity index (χ2n) is 5.78. The molecule has 0 unspecified atom stereocenters. The van der Waals surface area contributed by atoms with Crippen LogP contribution in [0.15, 0.2) is 48.5 Å². The predicted molar refractivity (Wildman–Crippen MR) is 96.8 cm³/mol. The molecule has 3 N–H and O–H groups in total. The molecule has 0 fully saturated rings. The van der Waals surface area contributed by atoms with Crippen LogP contribution in [0.4, 0.5) is 11.4 Å². The van der Waals surface area contributed by atoms with Crippen molar-refractivity contribution in [3.63, 3.8) is 0 Å². The number of hydrogen-bond acceptors (Lipinski definition) is 6. The second-order valence-corrected chi connectivity index (χ2v) is 5.78. The minimum absolute atomic E-state index is 0.211. The van der Waals surface area contributed by atoms with E-state index in [-0.39, 0.29) is 6.10 Å². The van der Waals surface area contributed by atoms with Crippen molar-refractivity contribution in [1.29, 1.82) is 0 Å². The molecule has 26 heavy (non-hydrogen) atoms. The Morgan fingerprint density at radius 2 is 1.46 bits per heavy atom. The number of rotatable bonds is 6. The van der Waals surface area contributed by atoms with Crippen LogP contribution in [0.25, 0.3) is 0 Å². The van der Waals surface area contributed by atoms with Crippen LogP contribution in [0, 0.1) is 0 Å². The van der Waals surface area contributed by atoms with Crippen molar-refractivity contribution in [2.45, 2.75) is 20.0 Å². The summed E-state index contributed by atoms with van der Waals surface area (Å²) in [6.07, 6.45) is -0.211. The number of anilines is 2. The van der Waals surface area contributed by atoms with Crippen LogP contribution in [-0.2, 0) is 14.3 Å². The summed E-state index contributed by atoms with van der Waals surface area (Å²) in [5.74, 6) is -1.55. The smallest absolute Gasteiger partial charge is 0.338 e. The molecule has 2 aromatic rings. The monoisotopic (exact) mass is 356 g/mol. The summed E-state index contributed by atoms with van der Waals surface area (Å²) in [7, 11) is 0. The molecule has 7 nitrogen and oxygen atoms in total. The average Bonchev–Trinajstić information content (AvgIpc) is 2.60. The van der Waals surface area contributed by atoms with Gasteiger partial charge in [-0.3, -0.25) is 4.79 Å². The molecule has 0 aliphatic carbocycles. The number of nitrogen functional groups attached to an aromatic ring is 1. The maximum atomic E-state index is 11.9. The molecule has 0 spiro atoms. The van der Waals surface area contributed by atoms with Gasteiger partial charge in [0.2, 0.25) is 0 Å². The molecule has 0 atom stereocenters. The van der Waals surface area contributed by atoms with E-state index in [9.17, 15) is 14.4 Å². The number of hydrogen-bond donors (Lipinski definition) is 2. The van der Waals surface area contributed by atoms with E-state index in [4.69, 9.17) is 15.2 Å². The zero-order valence-corrected chi connectivity index (χ0v) is 14.5. The van der Waals surface area contributed by atoms with Crippen LogP contribution >= 0.6 is 0 Å². The molecule has 2 aromatic carbocycles. The fourth-order valence-corrected chi connectivity index (χ4v) is 2.00. The van der Waals surface area contributed by atoms with Crippen molar-refractivity contribution in [2.24, 2.45) is 0 Å². The van der Waals surface area contributed by atoms with Gasteiger partial charge in [0, 0.05) is 11.4 Å². The lowest BCUT2D eigenvalue weighted by molar-refractivity contribution is -0.119. The summed E-state index contributed by atoms with van der Waals surface area (Å²) in [6.45, 7) is 3.09. The van der Waals surface area contributed by atoms with Gasteiger partial charge in [-0.1, -0.05) is 0 Å². The van der Waals surface area contributed by atoms with Gasteiger partial charge >= 0.3 is 11.9 Å². The van der Waals surface area contributed by atoms with Gasteiger partial charge in [-0.25, -0.2) is 9.59 Å². The summed E-state index contributed by atoms with van der Waals surface area (Å²) in [4.78, 5) is 35.4. The highest BCUT2D eigenvalue weighted by Crippen LogP contribution is 2.12. The molecular formula is C19H20N2O5. The molecule has 0 aromatic heterocycles. The minimum Gasteiger partial charge on any atom is -0.459 e. The van der Waals surface area contributed by atoms with Crippen molar-refractivity contribution < 1.29 is 23.9 Å². The van der Waals surface area contributed by atoms with Crippen molar-refractivity contribution >= 4 is 29.2 Å². The van der Waals surface area contributed by atoms with Crippen molar-refractivity contribution in [2.75, 3.05) is 17.7 Å². The van der Waals surface area contributed by atoms with Crippen molar-refractivity contribution in [3.8, 4) is 0 Å². The van der Waals surface area contributed by atoms with Crippen LogP contribution in [-0.4, -0.2) is 30.6 Å². The lowest BCUT2D eigenvalue weighted by atomic mass is 10.2. The van der Waals surface area contributed by atoms with Gasteiger partial charge in [0.25, 0.3) is 5.91 Å². The van der Waals surface area contributed by atoms with Gasteiger partial charge in [-0.2, -0.15) is 0 Å². The van der Waals surface area contributed by atoms with Gasteiger partial charge in [-0.15, -0.1) is 0 Å². The highest BCUT2D eigenvalue weighted by Gasteiger charge is 2.12. The number of esters is 2. The summed E-state index contributed by atoms with van der Waals surface area (Å²) in [5, 5.41) is 2.58. The lowest BCUT2D eigenvalue weighted by Gasteiger charge is -2.09. The number of nitrogens with one attached hydrogen (secondary N) is 1. The SMILES string of the molecule is CC(C)OC(=O)c1ccc(NC(=O)COC(=O)c2ccc(N)cc2)cc1. The third-order valence-corrected chi connectivity index (χ3v) is 3.23. The number of nitrogens with two attached hydrogens (primary N) is 1. The van der Waals surface area contributed by atoms with Crippen LogP contribution in [0.3, 0.4) is 0 Å². The van der Waals surface area contributed by atoms with Crippen LogP contribution in [0.5, 0.6) is 0 Å². The van der Waals surface area contributed by atoms with Crippen LogP contribution in [0.1, 0.15) is 34.6 Å². The first-order valence-corrected chi connectivity index (χ1v) is 7.98. The third-order valence-electron chi connectivity index (χ3n) is 3.23. The van der Waals surface area contributed by atoms with E-state index >= 15 is 0 Å². The number of benzene rings is 2. The third kappa shape index (κ3) is 5.62. The Balaban J connectivity index is 1.84. The normalized spacial score (nSPS) is 10.3. The maximum absolute atomic E-state index is 11.9. The van der Waals surface area contributed by atoms with Gasteiger partial charge in [0.05, 0.1) is 17.2 Å². The summed E-state index contributed by atoms with van der Waals surface area (Å²) < 4.78 is 10.0.